The molecule has 0 amide bonds. The van der Waals surface area contributed by atoms with Crippen molar-refractivity contribution in [2.75, 3.05) is 11.4 Å². The average Bonchev–Trinajstić information content (AvgIpc) is 2.71. The zero-order valence-corrected chi connectivity index (χ0v) is 10.4. The predicted octanol–water partition coefficient (Wildman–Crippen LogP) is 2.00. The SMILES string of the molecule is Clc1nccnc1N1CCn2c(Cl)cnc2C1. The minimum atomic E-state index is 0.415. The van der Waals surface area contributed by atoms with Crippen LogP contribution in [0.3, 0.4) is 0 Å². The van der Waals surface area contributed by atoms with Crippen LogP contribution in [0.25, 0.3) is 0 Å². The van der Waals surface area contributed by atoms with Crippen molar-refractivity contribution < 1.29 is 0 Å². The van der Waals surface area contributed by atoms with Gasteiger partial charge in [0, 0.05) is 25.5 Å². The molecule has 0 radical (unpaired) electrons. The second kappa shape index (κ2) is 4.16. The highest BCUT2D eigenvalue weighted by molar-refractivity contribution is 6.31. The van der Waals surface area contributed by atoms with E-state index in [0.29, 0.717) is 22.7 Å². The van der Waals surface area contributed by atoms with E-state index in [1.165, 1.54) is 0 Å². The molecule has 0 spiro atoms. The zero-order chi connectivity index (χ0) is 11.8. The Morgan fingerprint density at radius 3 is 2.71 bits per heavy atom. The molecule has 0 N–H and O–H groups in total. The van der Waals surface area contributed by atoms with Gasteiger partial charge < -0.3 is 9.47 Å². The molecule has 0 saturated heterocycles. The van der Waals surface area contributed by atoms with E-state index in [0.717, 1.165) is 18.9 Å². The third-order valence-electron chi connectivity index (χ3n) is 2.75. The van der Waals surface area contributed by atoms with E-state index >= 15 is 0 Å². The van der Waals surface area contributed by atoms with Crippen LogP contribution in [0.5, 0.6) is 0 Å². The van der Waals surface area contributed by atoms with Gasteiger partial charge in [-0.15, -0.1) is 0 Å². The van der Waals surface area contributed by atoms with Gasteiger partial charge in [0.1, 0.15) is 11.0 Å². The van der Waals surface area contributed by atoms with Crippen LogP contribution < -0.4 is 4.90 Å². The number of hydrogen-bond acceptors (Lipinski definition) is 4. The summed E-state index contributed by atoms with van der Waals surface area (Å²) in [6.45, 7) is 2.22. The summed E-state index contributed by atoms with van der Waals surface area (Å²) >= 11 is 12.0. The topological polar surface area (TPSA) is 46.8 Å². The Morgan fingerprint density at radius 1 is 1.06 bits per heavy atom. The lowest BCUT2D eigenvalue weighted by Crippen LogP contribution is -2.34. The number of aromatic nitrogens is 4. The molecule has 0 aromatic carbocycles. The second-order valence-corrected chi connectivity index (χ2v) is 4.49. The van der Waals surface area contributed by atoms with Gasteiger partial charge in [-0.1, -0.05) is 23.2 Å². The Hall–Kier alpha value is -1.33. The van der Waals surface area contributed by atoms with Crippen molar-refractivity contribution in [3.05, 3.63) is 34.7 Å². The molecule has 2 aromatic rings. The van der Waals surface area contributed by atoms with E-state index in [1.807, 2.05) is 9.47 Å². The van der Waals surface area contributed by atoms with Crippen molar-refractivity contribution in [3.63, 3.8) is 0 Å². The predicted molar refractivity (Wildman–Crippen MR) is 65.3 cm³/mol. The van der Waals surface area contributed by atoms with Crippen LogP contribution in [0.2, 0.25) is 10.3 Å². The maximum absolute atomic E-state index is 6.02. The highest BCUT2D eigenvalue weighted by Crippen LogP contribution is 2.25. The molecule has 7 heteroatoms. The molecular weight excluding hydrogens is 261 g/mol. The highest BCUT2D eigenvalue weighted by Gasteiger charge is 2.21. The van der Waals surface area contributed by atoms with Gasteiger partial charge in [0.05, 0.1) is 12.7 Å². The van der Waals surface area contributed by atoms with Crippen molar-refractivity contribution in [1.82, 2.24) is 19.5 Å². The van der Waals surface area contributed by atoms with Gasteiger partial charge in [0.25, 0.3) is 0 Å². The van der Waals surface area contributed by atoms with Crippen LogP contribution in [0.1, 0.15) is 5.82 Å². The molecule has 5 nitrogen and oxygen atoms in total. The van der Waals surface area contributed by atoms with Gasteiger partial charge in [0.15, 0.2) is 11.0 Å². The molecule has 0 saturated carbocycles. The minimum Gasteiger partial charge on any atom is -0.345 e. The van der Waals surface area contributed by atoms with Crippen LogP contribution in [0, 0.1) is 0 Å². The third-order valence-corrected chi connectivity index (χ3v) is 3.32. The van der Waals surface area contributed by atoms with Crippen molar-refractivity contribution in [2.24, 2.45) is 0 Å². The lowest BCUT2D eigenvalue weighted by molar-refractivity contribution is 0.556. The van der Waals surface area contributed by atoms with Crippen LogP contribution in [-0.2, 0) is 13.1 Å². The van der Waals surface area contributed by atoms with Gasteiger partial charge in [-0.2, -0.15) is 0 Å². The van der Waals surface area contributed by atoms with Crippen molar-refractivity contribution >= 4 is 29.0 Å². The molecule has 1 aliphatic rings. The van der Waals surface area contributed by atoms with E-state index in [9.17, 15) is 0 Å². The summed E-state index contributed by atoms with van der Waals surface area (Å²) in [5, 5.41) is 1.09. The van der Waals surface area contributed by atoms with E-state index in [-0.39, 0.29) is 0 Å². The molecule has 1 aliphatic heterocycles. The number of halogens is 2. The van der Waals surface area contributed by atoms with Crippen molar-refractivity contribution in [2.45, 2.75) is 13.1 Å². The van der Waals surface area contributed by atoms with Gasteiger partial charge in [-0.3, -0.25) is 0 Å². The van der Waals surface area contributed by atoms with Crippen LogP contribution >= 0.6 is 23.2 Å². The molecule has 3 heterocycles. The molecule has 2 aromatic heterocycles. The monoisotopic (exact) mass is 269 g/mol. The molecule has 0 unspecified atom stereocenters. The standard InChI is InChI=1S/C10H9Cl2N5/c11-7-5-15-8-6-16(3-4-17(7)8)10-9(12)13-1-2-14-10/h1-2,5H,3-4,6H2. The Morgan fingerprint density at radius 2 is 1.88 bits per heavy atom. The van der Waals surface area contributed by atoms with E-state index in [1.54, 1.807) is 18.6 Å². The minimum absolute atomic E-state index is 0.415. The zero-order valence-electron chi connectivity index (χ0n) is 8.85. The first-order valence-electron chi connectivity index (χ1n) is 5.17. The lowest BCUT2D eigenvalue weighted by atomic mass is 10.3. The Kier molecular flexibility index (Phi) is 2.64. The number of nitrogens with zero attached hydrogens (tertiary/aromatic N) is 5. The van der Waals surface area contributed by atoms with E-state index in [2.05, 4.69) is 15.0 Å². The van der Waals surface area contributed by atoms with Gasteiger partial charge >= 0.3 is 0 Å². The van der Waals surface area contributed by atoms with Gasteiger partial charge in [-0.05, 0) is 0 Å². The molecule has 17 heavy (non-hydrogen) atoms. The number of rotatable bonds is 1. The number of hydrogen-bond donors (Lipinski definition) is 0. The summed E-state index contributed by atoms with van der Waals surface area (Å²) < 4.78 is 1.99. The van der Waals surface area contributed by atoms with Crippen LogP contribution in [0.4, 0.5) is 5.82 Å². The second-order valence-electron chi connectivity index (χ2n) is 3.74. The average molecular weight is 270 g/mol. The molecule has 0 aliphatic carbocycles. The fourth-order valence-corrected chi connectivity index (χ4v) is 2.39. The van der Waals surface area contributed by atoms with Crippen LogP contribution in [-0.4, -0.2) is 26.1 Å². The first-order valence-corrected chi connectivity index (χ1v) is 5.92. The smallest absolute Gasteiger partial charge is 0.171 e. The number of imidazole rings is 1. The summed E-state index contributed by atoms with van der Waals surface area (Å²) in [5.74, 6) is 1.61. The number of fused-ring (bicyclic) bond motifs is 1. The quantitative estimate of drug-likeness (QED) is 0.795. The van der Waals surface area contributed by atoms with Gasteiger partial charge in [0.2, 0.25) is 0 Å². The van der Waals surface area contributed by atoms with Crippen molar-refractivity contribution in [3.8, 4) is 0 Å². The largest absolute Gasteiger partial charge is 0.345 e. The van der Waals surface area contributed by atoms with E-state index in [4.69, 9.17) is 23.2 Å². The first-order chi connectivity index (χ1) is 8.25. The highest BCUT2D eigenvalue weighted by atomic mass is 35.5. The normalized spacial score (nSPS) is 14.8. The molecule has 0 bridgehead atoms. The summed E-state index contributed by atoms with van der Waals surface area (Å²) in [5.41, 5.74) is 0. The summed E-state index contributed by atoms with van der Waals surface area (Å²) in [6, 6.07) is 0. The molecule has 3 rings (SSSR count). The fraction of sp³-hybridized carbons (Fsp3) is 0.300. The maximum atomic E-state index is 6.02. The summed E-state index contributed by atoms with van der Waals surface area (Å²) in [4.78, 5) is 14.6. The molecular formula is C10H9Cl2N5. The first kappa shape index (κ1) is 10.8. The Labute approximate surface area is 108 Å². The summed E-state index contributed by atoms with van der Waals surface area (Å²) in [6.07, 6.45) is 4.88. The van der Waals surface area contributed by atoms with Crippen LogP contribution in [0.15, 0.2) is 18.6 Å². The maximum Gasteiger partial charge on any atom is 0.171 e. The lowest BCUT2D eigenvalue weighted by Gasteiger charge is -2.28. The fourth-order valence-electron chi connectivity index (χ4n) is 1.93. The Bertz CT molecular complexity index is 553. The number of anilines is 1. The molecule has 0 atom stereocenters. The summed E-state index contributed by atoms with van der Waals surface area (Å²) in [7, 11) is 0. The Balaban J connectivity index is 1.92. The van der Waals surface area contributed by atoms with Gasteiger partial charge in [-0.25, -0.2) is 15.0 Å². The molecule has 88 valence electrons. The van der Waals surface area contributed by atoms with E-state index < -0.39 is 0 Å². The third kappa shape index (κ3) is 1.85. The van der Waals surface area contributed by atoms with Crippen molar-refractivity contribution in [1.29, 1.82) is 0 Å². The molecule has 0 fully saturated rings.